The predicted molar refractivity (Wildman–Crippen MR) is 39.5 cm³/mol. The zero-order valence-corrected chi connectivity index (χ0v) is 6.11. The lowest BCUT2D eigenvalue weighted by Crippen LogP contribution is -2.22. The van der Waals surface area contributed by atoms with Crippen LogP contribution in [0.4, 0.5) is 5.82 Å². The van der Waals surface area contributed by atoms with E-state index in [1.54, 1.807) is 0 Å². The normalized spacial score (nSPS) is 9.91. The Kier molecular flexibility index (Phi) is 1.80. The van der Waals surface area contributed by atoms with E-state index >= 15 is 0 Å². The van der Waals surface area contributed by atoms with Crippen LogP contribution in [0.15, 0.2) is 10.9 Å². The SMILES string of the molecule is CCc1cc(=O)n(O)nc1N. The maximum atomic E-state index is 10.7. The van der Waals surface area contributed by atoms with Crippen LogP contribution in [0.1, 0.15) is 12.5 Å². The third kappa shape index (κ3) is 1.31. The number of nitrogens with two attached hydrogens (primary N) is 1. The number of aryl methyl sites for hydroxylation is 1. The Labute approximate surface area is 63.0 Å². The molecule has 1 aromatic heterocycles. The van der Waals surface area contributed by atoms with Crippen LogP contribution >= 0.6 is 0 Å². The maximum absolute atomic E-state index is 10.7. The first-order valence-electron chi connectivity index (χ1n) is 3.23. The van der Waals surface area contributed by atoms with E-state index in [0.717, 1.165) is 0 Å². The Morgan fingerprint density at radius 3 is 3.00 bits per heavy atom. The highest BCUT2D eigenvalue weighted by Crippen LogP contribution is 2.03. The highest BCUT2D eigenvalue weighted by atomic mass is 16.5. The molecule has 0 aliphatic carbocycles. The second kappa shape index (κ2) is 2.61. The third-order valence-corrected chi connectivity index (χ3v) is 1.41. The maximum Gasteiger partial charge on any atom is 0.303 e. The van der Waals surface area contributed by atoms with Gasteiger partial charge in [-0.05, 0) is 6.42 Å². The molecule has 0 radical (unpaired) electrons. The highest BCUT2D eigenvalue weighted by Gasteiger charge is 2.01. The molecule has 0 saturated carbocycles. The van der Waals surface area contributed by atoms with Crippen molar-refractivity contribution in [3.63, 3.8) is 0 Å². The van der Waals surface area contributed by atoms with Crippen LogP contribution in [-0.2, 0) is 6.42 Å². The summed E-state index contributed by atoms with van der Waals surface area (Å²) in [7, 11) is 0. The van der Waals surface area contributed by atoms with Gasteiger partial charge in [0, 0.05) is 11.6 Å². The van der Waals surface area contributed by atoms with Gasteiger partial charge in [0.05, 0.1) is 0 Å². The van der Waals surface area contributed by atoms with Gasteiger partial charge in [0.2, 0.25) is 0 Å². The van der Waals surface area contributed by atoms with E-state index in [-0.39, 0.29) is 10.7 Å². The van der Waals surface area contributed by atoms with E-state index in [9.17, 15) is 4.79 Å². The molecule has 0 fully saturated rings. The van der Waals surface area contributed by atoms with Crippen molar-refractivity contribution in [2.24, 2.45) is 0 Å². The Bertz CT molecular complexity index is 318. The number of anilines is 1. The fraction of sp³-hybridized carbons (Fsp3) is 0.333. The van der Waals surface area contributed by atoms with Crippen LogP contribution in [-0.4, -0.2) is 15.2 Å². The first-order valence-corrected chi connectivity index (χ1v) is 3.23. The number of aromatic nitrogens is 2. The van der Waals surface area contributed by atoms with E-state index in [1.807, 2.05) is 6.92 Å². The topological polar surface area (TPSA) is 81.1 Å². The van der Waals surface area contributed by atoms with Gasteiger partial charge in [-0.3, -0.25) is 4.79 Å². The summed E-state index contributed by atoms with van der Waals surface area (Å²) in [5.41, 5.74) is 5.46. The smallest absolute Gasteiger partial charge is 0.303 e. The molecule has 0 aliphatic heterocycles. The van der Waals surface area contributed by atoms with Gasteiger partial charge in [-0.1, -0.05) is 11.8 Å². The van der Waals surface area contributed by atoms with Gasteiger partial charge < -0.3 is 10.9 Å². The molecular weight excluding hydrogens is 146 g/mol. The van der Waals surface area contributed by atoms with E-state index in [4.69, 9.17) is 10.9 Å². The summed E-state index contributed by atoms with van der Waals surface area (Å²) < 4.78 is 0. The minimum absolute atomic E-state index is 0.189. The largest absolute Gasteiger partial charge is 0.409 e. The van der Waals surface area contributed by atoms with Crippen molar-refractivity contribution in [3.05, 3.63) is 22.0 Å². The van der Waals surface area contributed by atoms with Crippen molar-refractivity contribution in [2.45, 2.75) is 13.3 Å². The quantitative estimate of drug-likeness (QED) is 0.542. The van der Waals surface area contributed by atoms with Gasteiger partial charge in [-0.15, -0.1) is 5.10 Å². The van der Waals surface area contributed by atoms with Crippen LogP contribution in [0.3, 0.4) is 0 Å². The van der Waals surface area contributed by atoms with Crippen LogP contribution in [0.2, 0.25) is 0 Å². The fourth-order valence-electron chi connectivity index (χ4n) is 0.779. The zero-order valence-electron chi connectivity index (χ0n) is 6.11. The summed E-state index contributed by atoms with van der Waals surface area (Å²) in [5, 5.41) is 12.1. The minimum atomic E-state index is -0.559. The number of hydrogen-bond donors (Lipinski definition) is 2. The van der Waals surface area contributed by atoms with Crippen LogP contribution in [0.5, 0.6) is 0 Å². The summed E-state index contributed by atoms with van der Waals surface area (Å²) in [6.45, 7) is 1.86. The molecule has 5 heteroatoms. The standard InChI is InChI=1S/C6H9N3O2/c1-2-4-3-5(10)9(11)8-6(4)7/h3,11H,2H2,1H3,(H2,7,8). The molecule has 1 heterocycles. The molecule has 0 saturated heterocycles. The monoisotopic (exact) mass is 155 g/mol. The minimum Gasteiger partial charge on any atom is -0.409 e. The molecule has 0 spiro atoms. The first-order chi connectivity index (χ1) is 5.15. The molecule has 3 N–H and O–H groups in total. The molecule has 60 valence electrons. The molecule has 5 nitrogen and oxygen atoms in total. The van der Waals surface area contributed by atoms with Gasteiger partial charge in [0.15, 0.2) is 5.82 Å². The molecule has 0 aromatic carbocycles. The second-order valence-corrected chi connectivity index (χ2v) is 2.14. The third-order valence-electron chi connectivity index (χ3n) is 1.41. The predicted octanol–water partition coefficient (Wildman–Crippen LogP) is -0.375. The summed E-state index contributed by atoms with van der Waals surface area (Å²) in [6, 6.07) is 1.27. The van der Waals surface area contributed by atoms with Crippen LogP contribution < -0.4 is 11.3 Å². The van der Waals surface area contributed by atoms with E-state index in [0.29, 0.717) is 12.0 Å². The number of hydrogen-bond acceptors (Lipinski definition) is 4. The first kappa shape index (κ1) is 7.59. The summed E-state index contributed by atoms with van der Waals surface area (Å²) in [6.07, 6.45) is 0.634. The van der Waals surface area contributed by atoms with Crippen molar-refractivity contribution >= 4 is 5.82 Å². The van der Waals surface area contributed by atoms with E-state index < -0.39 is 5.56 Å². The molecule has 0 atom stereocenters. The molecule has 0 aliphatic rings. The highest BCUT2D eigenvalue weighted by molar-refractivity contribution is 5.36. The Morgan fingerprint density at radius 2 is 2.45 bits per heavy atom. The molecule has 11 heavy (non-hydrogen) atoms. The molecule has 0 amide bonds. The van der Waals surface area contributed by atoms with E-state index in [1.165, 1.54) is 6.07 Å². The van der Waals surface area contributed by atoms with Gasteiger partial charge in [-0.25, -0.2) is 0 Å². The van der Waals surface area contributed by atoms with Crippen molar-refractivity contribution in [3.8, 4) is 0 Å². The lowest BCUT2D eigenvalue weighted by atomic mass is 10.2. The zero-order chi connectivity index (χ0) is 8.43. The Hall–Kier alpha value is -1.52. The average Bonchev–Trinajstić information content (AvgIpc) is 1.97. The average molecular weight is 155 g/mol. The van der Waals surface area contributed by atoms with Gasteiger partial charge in [-0.2, -0.15) is 0 Å². The van der Waals surface area contributed by atoms with Crippen LogP contribution in [0.25, 0.3) is 0 Å². The molecule has 0 bridgehead atoms. The number of nitrogens with zero attached hydrogens (tertiary/aromatic N) is 2. The van der Waals surface area contributed by atoms with Gasteiger partial charge in [0.1, 0.15) is 0 Å². The fourth-order valence-corrected chi connectivity index (χ4v) is 0.779. The molecule has 1 rings (SSSR count). The van der Waals surface area contributed by atoms with Crippen LogP contribution in [0, 0.1) is 0 Å². The summed E-state index contributed by atoms with van der Waals surface area (Å²) >= 11 is 0. The molecule has 1 aromatic rings. The Morgan fingerprint density at radius 1 is 1.82 bits per heavy atom. The van der Waals surface area contributed by atoms with Crippen molar-refractivity contribution in [1.29, 1.82) is 0 Å². The second-order valence-electron chi connectivity index (χ2n) is 2.14. The summed E-state index contributed by atoms with van der Waals surface area (Å²) in [4.78, 5) is 11.0. The molecule has 0 unspecified atom stereocenters. The Balaban J connectivity index is 3.32. The number of rotatable bonds is 1. The molecular formula is C6H9N3O2. The van der Waals surface area contributed by atoms with Gasteiger partial charge >= 0.3 is 5.56 Å². The van der Waals surface area contributed by atoms with Gasteiger partial charge in [0.25, 0.3) is 0 Å². The van der Waals surface area contributed by atoms with Crippen molar-refractivity contribution in [2.75, 3.05) is 5.73 Å². The number of nitrogen functional groups attached to an aromatic ring is 1. The van der Waals surface area contributed by atoms with Crippen molar-refractivity contribution in [1.82, 2.24) is 9.94 Å². The van der Waals surface area contributed by atoms with Crippen molar-refractivity contribution < 1.29 is 5.21 Å². The summed E-state index contributed by atoms with van der Waals surface area (Å²) in [5.74, 6) is 0.189. The van der Waals surface area contributed by atoms with E-state index in [2.05, 4.69) is 5.10 Å². The lowest BCUT2D eigenvalue weighted by Gasteiger charge is -2.00. The lowest BCUT2D eigenvalue weighted by molar-refractivity contribution is 0.135.